The first-order valence-electron chi connectivity index (χ1n) is 11.3. The molecule has 5 rings (SSSR count). The summed E-state index contributed by atoms with van der Waals surface area (Å²) in [5.41, 5.74) is 5.14. The van der Waals surface area contributed by atoms with Gasteiger partial charge < -0.3 is 5.32 Å². The highest BCUT2D eigenvalue weighted by molar-refractivity contribution is 7.99. The van der Waals surface area contributed by atoms with E-state index >= 15 is 0 Å². The Morgan fingerprint density at radius 1 is 0.917 bits per heavy atom. The predicted molar refractivity (Wildman–Crippen MR) is 143 cm³/mol. The molecule has 2 N–H and O–H groups in total. The molecular formula is C27H23N7OS. The van der Waals surface area contributed by atoms with Gasteiger partial charge >= 0.3 is 0 Å². The van der Waals surface area contributed by atoms with Crippen LogP contribution in [0.3, 0.4) is 0 Å². The third kappa shape index (κ3) is 5.59. The molecule has 2 heterocycles. The van der Waals surface area contributed by atoms with Crippen molar-refractivity contribution in [2.45, 2.75) is 11.7 Å². The number of fused-ring (bicyclic) bond motifs is 1. The van der Waals surface area contributed by atoms with Gasteiger partial charge in [-0.05, 0) is 35.7 Å². The van der Waals surface area contributed by atoms with E-state index in [1.807, 2.05) is 65.2 Å². The van der Waals surface area contributed by atoms with E-state index in [1.54, 1.807) is 12.3 Å². The maximum Gasteiger partial charge on any atom is 0.250 e. The van der Waals surface area contributed by atoms with Gasteiger partial charge in [0, 0.05) is 23.0 Å². The van der Waals surface area contributed by atoms with E-state index in [1.165, 1.54) is 23.4 Å². The number of nitrogens with one attached hydrogen (secondary N) is 2. The molecular weight excluding hydrogens is 470 g/mol. The lowest BCUT2D eigenvalue weighted by molar-refractivity contribution is -0.118. The molecule has 1 amide bonds. The number of thioether (sulfide) groups is 1. The van der Waals surface area contributed by atoms with Crippen LogP contribution in [-0.2, 0) is 11.3 Å². The minimum Gasteiger partial charge on any atom is -0.377 e. The molecule has 0 bridgehead atoms. The van der Waals surface area contributed by atoms with Crippen LogP contribution in [0.25, 0.3) is 16.5 Å². The number of hydrogen-bond acceptors (Lipinski definition) is 7. The van der Waals surface area contributed by atoms with Crippen LogP contribution in [-0.4, -0.2) is 37.6 Å². The first-order chi connectivity index (χ1) is 17.8. The Labute approximate surface area is 212 Å². The second-order valence-electron chi connectivity index (χ2n) is 7.79. The van der Waals surface area contributed by atoms with Crippen LogP contribution >= 0.6 is 11.8 Å². The molecule has 5 aromatic rings. The number of pyridine rings is 1. The SMILES string of the molecule is O=C(CSc1nnc(CNc2cccc3ccccc23)n1-c1ccccc1)N/N=C/c1ccccn1. The second-order valence-corrected chi connectivity index (χ2v) is 8.73. The molecule has 0 aliphatic rings. The van der Waals surface area contributed by atoms with Gasteiger partial charge in [0.25, 0.3) is 5.91 Å². The first kappa shape index (κ1) is 23.3. The van der Waals surface area contributed by atoms with Gasteiger partial charge in [0.15, 0.2) is 11.0 Å². The zero-order valence-corrected chi connectivity index (χ0v) is 20.1. The van der Waals surface area contributed by atoms with E-state index < -0.39 is 0 Å². The van der Waals surface area contributed by atoms with E-state index in [0.29, 0.717) is 17.4 Å². The highest BCUT2D eigenvalue weighted by atomic mass is 32.2. The fourth-order valence-corrected chi connectivity index (χ4v) is 4.45. The number of amides is 1. The van der Waals surface area contributed by atoms with Crippen LogP contribution in [0.4, 0.5) is 5.69 Å². The smallest absolute Gasteiger partial charge is 0.250 e. The van der Waals surface area contributed by atoms with E-state index in [4.69, 9.17) is 0 Å². The van der Waals surface area contributed by atoms with Gasteiger partial charge in [-0.1, -0.05) is 72.4 Å². The molecule has 0 fully saturated rings. The molecule has 0 radical (unpaired) electrons. The van der Waals surface area contributed by atoms with Crippen LogP contribution in [0.5, 0.6) is 0 Å². The average molecular weight is 494 g/mol. The number of rotatable bonds is 9. The summed E-state index contributed by atoms with van der Waals surface area (Å²) in [5.74, 6) is 0.636. The van der Waals surface area contributed by atoms with Gasteiger partial charge in [0.1, 0.15) is 0 Å². The minimum atomic E-state index is -0.245. The Kier molecular flexibility index (Phi) is 7.29. The van der Waals surface area contributed by atoms with Crippen LogP contribution in [0.1, 0.15) is 11.5 Å². The Morgan fingerprint density at radius 3 is 2.58 bits per heavy atom. The lowest BCUT2D eigenvalue weighted by Gasteiger charge is -2.12. The summed E-state index contributed by atoms with van der Waals surface area (Å²) in [4.78, 5) is 16.5. The molecule has 0 saturated heterocycles. The second kappa shape index (κ2) is 11.3. The van der Waals surface area contributed by atoms with Gasteiger partial charge in [0.05, 0.1) is 24.2 Å². The lowest BCUT2D eigenvalue weighted by Crippen LogP contribution is -2.20. The molecule has 0 saturated carbocycles. The monoisotopic (exact) mass is 493 g/mol. The van der Waals surface area contributed by atoms with Crippen LogP contribution in [0.2, 0.25) is 0 Å². The van der Waals surface area contributed by atoms with Crippen LogP contribution in [0.15, 0.2) is 107 Å². The number of aromatic nitrogens is 4. The summed E-state index contributed by atoms with van der Waals surface area (Å²) < 4.78 is 1.97. The Bertz CT molecular complexity index is 1480. The standard InChI is InChI=1S/C27H23N7OS/c35-26(32-30-17-21-11-6-7-16-28-21)19-36-27-33-31-25(34(27)22-12-2-1-3-13-22)18-29-24-15-8-10-20-9-4-5-14-23(20)24/h1-17,29H,18-19H2,(H,32,35)/b30-17+. The van der Waals surface area contributed by atoms with Gasteiger partial charge in [0.2, 0.25) is 0 Å². The highest BCUT2D eigenvalue weighted by Gasteiger charge is 2.16. The van der Waals surface area contributed by atoms with Crippen LogP contribution < -0.4 is 10.7 Å². The average Bonchev–Trinajstić information content (AvgIpc) is 3.34. The van der Waals surface area contributed by atoms with Crippen molar-refractivity contribution in [3.8, 4) is 5.69 Å². The number of carbonyl (C=O) groups is 1. The molecule has 0 aliphatic heterocycles. The number of hydrazone groups is 1. The first-order valence-corrected chi connectivity index (χ1v) is 12.3. The molecule has 0 aliphatic carbocycles. The van der Waals surface area contributed by atoms with Crippen molar-refractivity contribution in [3.05, 3.63) is 109 Å². The van der Waals surface area contributed by atoms with Gasteiger partial charge in [-0.25, -0.2) is 5.43 Å². The maximum atomic E-state index is 12.4. The van der Waals surface area contributed by atoms with Gasteiger partial charge in [-0.3, -0.25) is 14.3 Å². The van der Waals surface area contributed by atoms with Crippen molar-refractivity contribution in [3.63, 3.8) is 0 Å². The van der Waals surface area contributed by atoms with Crippen molar-refractivity contribution >= 4 is 40.3 Å². The summed E-state index contributed by atoms with van der Waals surface area (Å²) in [5, 5.41) is 19.2. The fourth-order valence-electron chi connectivity index (χ4n) is 3.68. The number of anilines is 1. The number of carbonyl (C=O) groups excluding carboxylic acids is 1. The number of hydrogen-bond donors (Lipinski definition) is 2. The summed E-state index contributed by atoms with van der Waals surface area (Å²) >= 11 is 1.30. The normalized spacial score (nSPS) is 11.1. The largest absolute Gasteiger partial charge is 0.377 e. The van der Waals surface area contributed by atoms with Gasteiger partial charge in [-0.2, -0.15) is 5.10 Å². The molecule has 3 aromatic carbocycles. The van der Waals surface area contributed by atoms with E-state index in [9.17, 15) is 4.79 Å². The fraction of sp³-hybridized carbons (Fsp3) is 0.0741. The maximum absolute atomic E-state index is 12.4. The Morgan fingerprint density at radius 2 is 1.72 bits per heavy atom. The quantitative estimate of drug-likeness (QED) is 0.176. The number of nitrogens with zero attached hydrogens (tertiary/aromatic N) is 5. The highest BCUT2D eigenvalue weighted by Crippen LogP contribution is 2.25. The Balaban J connectivity index is 1.30. The third-order valence-electron chi connectivity index (χ3n) is 5.35. The minimum absolute atomic E-state index is 0.140. The Hall–Kier alpha value is -4.50. The molecule has 178 valence electrons. The lowest BCUT2D eigenvalue weighted by atomic mass is 10.1. The van der Waals surface area contributed by atoms with Crippen molar-refractivity contribution in [1.29, 1.82) is 0 Å². The van der Waals surface area contributed by atoms with E-state index in [0.717, 1.165) is 22.6 Å². The van der Waals surface area contributed by atoms with Crippen LogP contribution in [0, 0.1) is 0 Å². The molecule has 0 unspecified atom stereocenters. The number of para-hydroxylation sites is 1. The summed E-state index contributed by atoms with van der Waals surface area (Å²) in [6, 6.07) is 29.8. The zero-order valence-electron chi connectivity index (χ0n) is 19.3. The van der Waals surface area contributed by atoms with Crippen molar-refractivity contribution in [2.75, 3.05) is 11.1 Å². The third-order valence-corrected chi connectivity index (χ3v) is 6.28. The summed E-state index contributed by atoms with van der Waals surface area (Å²) in [6.07, 6.45) is 3.17. The molecule has 9 heteroatoms. The number of benzene rings is 3. The zero-order chi connectivity index (χ0) is 24.6. The van der Waals surface area contributed by atoms with Gasteiger partial charge in [-0.15, -0.1) is 10.2 Å². The molecule has 8 nitrogen and oxygen atoms in total. The predicted octanol–water partition coefficient (Wildman–Crippen LogP) is 4.67. The van der Waals surface area contributed by atoms with Crippen molar-refractivity contribution < 1.29 is 4.79 Å². The molecule has 0 spiro atoms. The molecule has 36 heavy (non-hydrogen) atoms. The van der Waals surface area contributed by atoms with E-state index in [2.05, 4.69) is 55.3 Å². The van der Waals surface area contributed by atoms with Crippen molar-refractivity contribution in [1.82, 2.24) is 25.2 Å². The molecule has 0 atom stereocenters. The topological polar surface area (TPSA) is 97.1 Å². The van der Waals surface area contributed by atoms with E-state index in [-0.39, 0.29) is 11.7 Å². The molecule has 2 aromatic heterocycles. The summed E-state index contributed by atoms with van der Waals surface area (Å²) in [6.45, 7) is 0.469. The summed E-state index contributed by atoms with van der Waals surface area (Å²) in [7, 11) is 0. The van der Waals surface area contributed by atoms with Crippen molar-refractivity contribution in [2.24, 2.45) is 5.10 Å².